The van der Waals surface area contributed by atoms with Crippen molar-refractivity contribution < 1.29 is 0 Å². The summed E-state index contributed by atoms with van der Waals surface area (Å²) in [7, 11) is 0. The highest BCUT2D eigenvalue weighted by Crippen LogP contribution is 2.18. The monoisotopic (exact) mass is 313 g/mol. The minimum Gasteiger partial charge on any atom is -0.237 e. The average Bonchev–Trinajstić information content (AvgIpc) is 2.19. The standard InChI is InChI=1S/C11H12IN3/c1-4-5-9(2)15(13-3)11-8-10(12)6-7-14-11/h4-8H,1,3H2,2H3/b9-5+. The number of rotatable bonds is 4. The summed E-state index contributed by atoms with van der Waals surface area (Å²) in [5.41, 5.74) is 0.925. The number of aromatic nitrogens is 1. The van der Waals surface area contributed by atoms with Crippen molar-refractivity contribution in [1.29, 1.82) is 0 Å². The third-order valence-corrected chi connectivity index (χ3v) is 2.43. The lowest BCUT2D eigenvalue weighted by atomic mass is 10.4. The van der Waals surface area contributed by atoms with Gasteiger partial charge in [-0.15, -0.1) is 0 Å². The Morgan fingerprint density at radius 1 is 1.67 bits per heavy atom. The predicted molar refractivity (Wildman–Crippen MR) is 72.9 cm³/mol. The van der Waals surface area contributed by atoms with Gasteiger partial charge < -0.3 is 0 Å². The second-order valence-corrected chi connectivity index (χ2v) is 4.07. The van der Waals surface area contributed by atoms with E-state index in [-0.39, 0.29) is 0 Å². The highest BCUT2D eigenvalue weighted by Gasteiger charge is 2.06. The summed E-state index contributed by atoms with van der Waals surface area (Å²) < 4.78 is 1.11. The fraction of sp³-hybridized carbons (Fsp3) is 0.0909. The lowest BCUT2D eigenvalue weighted by molar-refractivity contribution is 0.968. The van der Waals surface area contributed by atoms with E-state index in [1.165, 1.54) is 0 Å². The molecule has 0 aromatic carbocycles. The molecule has 0 amide bonds. The third-order valence-electron chi connectivity index (χ3n) is 1.76. The molecule has 0 aliphatic rings. The predicted octanol–water partition coefficient (Wildman–Crippen LogP) is 3.20. The molecule has 0 aliphatic carbocycles. The van der Waals surface area contributed by atoms with Gasteiger partial charge in [0.1, 0.15) is 0 Å². The summed E-state index contributed by atoms with van der Waals surface area (Å²) in [6.45, 7) is 9.10. The normalized spacial score (nSPS) is 10.9. The summed E-state index contributed by atoms with van der Waals surface area (Å²) in [6, 6.07) is 3.87. The molecule has 0 atom stereocenters. The van der Waals surface area contributed by atoms with Gasteiger partial charge in [0.2, 0.25) is 0 Å². The molecule has 0 unspecified atom stereocenters. The van der Waals surface area contributed by atoms with Gasteiger partial charge >= 0.3 is 0 Å². The van der Waals surface area contributed by atoms with Gasteiger partial charge in [0.25, 0.3) is 0 Å². The summed E-state index contributed by atoms with van der Waals surface area (Å²) in [5.74, 6) is 0.757. The van der Waals surface area contributed by atoms with Crippen LogP contribution in [0, 0.1) is 3.57 Å². The average molecular weight is 313 g/mol. The van der Waals surface area contributed by atoms with E-state index >= 15 is 0 Å². The molecule has 0 N–H and O–H groups in total. The lowest BCUT2D eigenvalue weighted by Crippen LogP contribution is -2.14. The van der Waals surface area contributed by atoms with Crippen molar-refractivity contribution >= 4 is 35.1 Å². The molecule has 0 fully saturated rings. The van der Waals surface area contributed by atoms with Gasteiger partial charge in [-0.25, -0.2) is 9.99 Å². The summed E-state index contributed by atoms with van der Waals surface area (Å²) in [6.07, 6.45) is 5.31. The topological polar surface area (TPSA) is 28.5 Å². The highest BCUT2D eigenvalue weighted by atomic mass is 127. The Labute approximate surface area is 103 Å². The van der Waals surface area contributed by atoms with Crippen LogP contribution in [0.25, 0.3) is 0 Å². The van der Waals surface area contributed by atoms with E-state index in [2.05, 4.69) is 46.0 Å². The van der Waals surface area contributed by atoms with Crippen LogP contribution in [-0.2, 0) is 0 Å². The van der Waals surface area contributed by atoms with E-state index in [0.29, 0.717) is 0 Å². The van der Waals surface area contributed by atoms with E-state index in [0.717, 1.165) is 15.1 Å². The molecule has 1 aromatic rings. The van der Waals surface area contributed by atoms with E-state index in [9.17, 15) is 0 Å². The van der Waals surface area contributed by atoms with Crippen molar-refractivity contribution in [3.8, 4) is 0 Å². The molecule has 4 heteroatoms. The van der Waals surface area contributed by atoms with Gasteiger partial charge in [0, 0.05) is 22.2 Å². The van der Waals surface area contributed by atoms with Crippen LogP contribution >= 0.6 is 22.6 Å². The van der Waals surface area contributed by atoms with Crippen molar-refractivity contribution in [1.82, 2.24) is 4.98 Å². The molecule has 0 spiro atoms. The maximum Gasteiger partial charge on any atom is 0.154 e. The van der Waals surface area contributed by atoms with E-state index in [1.807, 2.05) is 25.1 Å². The van der Waals surface area contributed by atoms with Gasteiger partial charge in [0.05, 0.1) is 0 Å². The minimum atomic E-state index is 0.757. The quantitative estimate of drug-likeness (QED) is 0.370. The Kier molecular flexibility index (Phi) is 4.48. The molecule has 0 bridgehead atoms. The fourth-order valence-electron chi connectivity index (χ4n) is 1.12. The van der Waals surface area contributed by atoms with Crippen LogP contribution < -0.4 is 5.01 Å². The van der Waals surface area contributed by atoms with Gasteiger partial charge in [-0.2, -0.15) is 5.10 Å². The zero-order chi connectivity index (χ0) is 11.3. The van der Waals surface area contributed by atoms with Gasteiger partial charge in [-0.1, -0.05) is 12.7 Å². The van der Waals surface area contributed by atoms with Crippen LogP contribution in [0.5, 0.6) is 0 Å². The Balaban J connectivity index is 3.07. The Morgan fingerprint density at radius 2 is 2.40 bits per heavy atom. The molecule has 0 radical (unpaired) electrons. The molecule has 15 heavy (non-hydrogen) atoms. The molecule has 78 valence electrons. The maximum absolute atomic E-state index is 4.23. The van der Waals surface area contributed by atoms with Crippen LogP contribution in [-0.4, -0.2) is 11.7 Å². The number of nitrogens with zero attached hydrogens (tertiary/aromatic N) is 3. The fourth-order valence-corrected chi connectivity index (χ4v) is 1.55. The minimum absolute atomic E-state index is 0.757. The lowest BCUT2D eigenvalue weighted by Gasteiger charge is -2.17. The van der Waals surface area contributed by atoms with Crippen molar-refractivity contribution in [2.24, 2.45) is 5.10 Å². The number of pyridine rings is 1. The zero-order valence-corrected chi connectivity index (χ0v) is 10.7. The van der Waals surface area contributed by atoms with Crippen molar-refractivity contribution in [3.05, 3.63) is 46.3 Å². The highest BCUT2D eigenvalue weighted by molar-refractivity contribution is 14.1. The van der Waals surface area contributed by atoms with Crippen molar-refractivity contribution in [2.75, 3.05) is 5.01 Å². The number of hydrazone groups is 1. The molecular formula is C11H12IN3. The first-order valence-corrected chi connectivity index (χ1v) is 5.44. The summed E-state index contributed by atoms with van der Waals surface area (Å²) in [4.78, 5) is 4.23. The maximum atomic E-state index is 4.23. The molecule has 1 aromatic heterocycles. The first-order chi connectivity index (χ1) is 7.19. The Hall–Kier alpha value is -1.17. The largest absolute Gasteiger partial charge is 0.237 e. The zero-order valence-electron chi connectivity index (χ0n) is 8.52. The van der Waals surface area contributed by atoms with Gasteiger partial charge in [-0.05, 0) is 47.7 Å². The number of halogens is 1. The van der Waals surface area contributed by atoms with E-state index < -0.39 is 0 Å². The molecule has 1 rings (SSSR count). The second kappa shape index (κ2) is 5.65. The van der Waals surface area contributed by atoms with Crippen molar-refractivity contribution in [3.63, 3.8) is 0 Å². The number of allylic oxidation sites excluding steroid dienone is 3. The summed E-state index contributed by atoms with van der Waals surface area (Å²) >= 11 is 2.23. The molecule has 0 saturated heterocycles. The first-order valence-electron chi connectivity index (χ1n) is 4.36. The molecule has 0 saturated carbocycles. The molecule has 0 aliphatic heterocycles. The summed E-state index contributed by atoms with van der Waals surface area (Å²) in [5, 5.41) is 5.59. The Morgan fingerprint density at radius 3 is 2.93 bits per heavy atom. The van der Waals surface area contributed by atoms with Crippen LogP contribution in [0.1, 0.15) is 6.92 Å². The van der Waals surface area contributed by atoms with Crippen LogP contribution in [0.2, 0.25) is 0 Å². The van der Waals surface area contributed by atoms with Crippen LogP contribution in [0.3, 0.4) is 0 Å². The second-order valence-electron chi connectivity index (χ2n) is 2.83. The van der Waals surface area contributed by atoms with E-state index in [1.54, 1.807) is 17.3 Å². The van der Waals surface area contributed by atoms with Crippen molar-refractivity contribution in [2.45, 2.75) is 6.92 Å². The number of hydrogen-bond donors (Lipinski definition) is 0. The Bertz CT molecular complexity index is 399. The third kappa shape index (κ3) is 3.16. The van der Waals surface area contributed by atoms with Gasteiger partial charge in [0.15, 0.2) is 5.82 Å². The smallest absolute Gasteiger partial charge is 0.154 e. The van der Waals surface area contributed by atoms with Crippen LogP contribution in [0.4, 0.5) is 5.82 Å². The van der Waals surface area contributed by atoms with Gasteiger partial charge in [-0.3, -0.25) is 0 Å². The molecule has 3 nitrogen and oxygen atoms in total. The number of anilines is 1. The molecular weight excluding hydrogens is 301 g/mol. The molecule has 1 heterocycles. The number of hydrogen-bond acceptors (Lipinski definition) is 3. The van der Waals surface area contributed by atoms with E-state index in [4.69, 9.17) is 0 Å². The first kappa shape index (κ1) is 11.9. The van der Waals surface area contributed by atoms with Crippen LogP contribution in [0.15, 0.2) is 47.9 Å². The SMILES string of the molecule is C=C/C=C(\C)N(N=C)c1cc(I)ccn1.